The van der Waals surface area contributed by atoms with Gasteiger partial charge in [0.1, 0.15) is 0 Å². The number of nitrogens with one attached hydrogen (secondary N) is 1. The van der Waals surface area contributed by atoms with Crippen LogP contribution in [0.5, 0.6) is 0 Å². The van der Waals surface area contributed by atoms with Crippen LogP contribution < -0.4 is 11.1 Å². The van der Waals surface area contributed by atoms with E-state index in [2.05, 4.69) is 5.32 Å². The summed E-state index contributed by atoms with van der Waals surface area (Å²) in [6.07, 6.45) is 0.804. The van der Waals surface area contributed by atoms with E-state index in [0.29, 0.717) is 12.1 Å². The first kappa shape index (κ1) is 10.7. The lowest BCUT2D eigenvalue weighted by Gasteiger charge is -2.06. The Morgan fingerprint density at radius 3 is 2.64 bits per heavy atom. The lowest BCUT2D eigenvalue weighted by atomic mass is 10.2. The molecular formula is C11H16N2O. The molecule has 0 aliphatic rings. The summed E-state index contributed by atoms with van der Waals surface area (Å²) in [5.41, 5.74) is 6.26. The van der Waals surface area contributed by atoms with Gasteiger partial charge in [-0.05, 0) is 25.5 Å². The molecule has 0 aliphatic carbocycles. The Bertz CT molecular complexity index is 283. The molecule has 0 spiro atoms. The average molecular weight is 192 g/mol. The number of carbonyl (C=O) groups is 1. The van der Waals surface area contributed by atoms with Crippen molar-refractivity contribution in [2.75, 3.05) is 6.54 Å². The molecule has 0 bridgehead atoms. The molecule has 1 atom stereocenters. The van der Waals surface area contributed by atoms with E-state index in [4.69, 9.17) is 5.73 Å². The molecule has 0 aromatic heterocycles. The predicted molar refractivity (Wildman–Crippen MR) is 57.0 cm³/mol. The highest BCUT2D eigenvalue weighted by atomic mass is 16.1. The van der Waals surface area contributed by atoms with Gasteiger partial charge in [-0.25, -0.2) is 0 Å². The number of hydrogen-bond donors (Lipinski definition) is 2. The number of amides is 1. The van der Waals surface area contributed by atoms with Crippen molar-refractivity contribution in [2.45, 2.75) is 19.4 Å². The molecule has 14 heavy (non-hydrogen) atoms. The Morgan fingerprint density at radius 2 is 2.07 bits per heavy atom. The first-order chi connectivity index (χ1) is 6.70. The lowest BCUT2D eigenvalue weighted by molar-refractivity contribution is 0.0953. The van der Waals surface area contributed by atoms with Crippen molar-refractivity contribution in [2.24, 2.45) is 5.73 Å². The molecule has 1 aromatic carbocycles. The number of rotatable bonds is 4. The molecule has 0 heterocycles. The van der Waals surface area contributed by atoms with Gasteiger partial charge in [0, 0.05) is 18.2 Å². The van der Waals surface area contributed by atoms with Crippen LogP contribution >= 0.6 is 0 Å². The Balaban J connectivity index is 2.36. The molecule has 3 nitrogen and oxygen atoms in total. The second-order valence-electron chi connectivity index (χ2n) is 3.39. The van der Waals surface area contributed by atoms with Gasteiger partial charge in [0.05, 0.1) is 0 Å². The third kappa shape index (κ3) is 3.58. The van der Waals surface area contributed by atoms with Crippen LogP contribution in [-0.2, 0) is 0 Å². The maximum Gasteiger partial charge on any atom is 0.251 e. The van der Waals surface area contributed by atoms with E-state index in [-0.39, 0.29) is 11.9 Å². The lowest BCUT2D eigenvalue weighted by Crippen LogP contribution is -2.28. The molecule has 0 saturated carbocycles. The van der Waals surface area contributed by atoms with E-state index in [1.807, 2.05) is 25.1 Å². The Labute approximate surface area is 84.3 Å². The van der Waals surface area contributed by atoms with E-state index in [9.17, 15) is 4.79 Å². The van der Waals surface area contributed by atoms with Gasteiger partial charge in [0.25, 0.3) is 5.91 Å². The highest BCUT2D eigenvalue weighted by Crippen LogP contribution is 1.97. The molecule has 1 aromatic rings. The SMILES string of the molecule is CC(N)CCNC(=O)c1ccccc1. The van der Waals surface area contributed by atoms with Crippen LogP contribution in [0.3, 0.4) is 0 Å². The molecule has 1 amide bonds. The van der Waals surface area contributed by atoms with Crippen LogP contribution in [-0.4, -0.2) is 18.5 Å². The number of benzene rings is 1. The second-order valence-corrected chi connectivity index (χ2v) is 3.39. The van der Waals surface area contributed by atoms with Crippen molar-refractivity contribution < 1.29 is 4.79 Å². The molecule has 0 aliphatic heterocycles. The zero-order chi connectivity index (χ0) is 10.4. The monoisotopic (exact) mass is 192 g/mol. The number of hydrogen-bond acceptors (Lipinski definition) is 2. The maximum absolute atomic E-state index is 11.5. The fourth-order valence-electron chi connectivity index (χ4n) is 1.10. The van der Waals surface area contributed by atoms with Gasteiger partial charge in [-0.1, -0.05) is 18.2 Å². The van der Waals surface area contributed by atoms with Crippen molar-refractivity contribution >= 4 is 5.91 Å². The molecule has 1 rings (SSSR count). The minimum absolute atomic E-state index is 0.0359. The quantitative estimate of drug-likeness (QED) is 0.752. The van der Waals surface area contributed by atoms with Gasteiger partial charge in [0.2, 0.25) is 0 Å². The fourth-order valence-corrected chi connectivity index (χ4v) is 1.10. The zero-order valence-corrected chi connectivity index (χ0v) is 8.36. The Kier molecular flexibility index (Phi) is 4.13. The summed E-state index contributed by atoms with van der Waals surface area (Å²) in [6, 6.07) is 9.30. The smallest absolute Gasteiger partial charge is 0.251 e. The summed E-state index contributed by atoms with van der Waals surface area (Å²) in [4.78, 5) is 11.5. The molecule has 0 fully saturated rings. The molecule has 1 unspecified atom stereocenters. The van der Waals surface area contributed by atoms with Gasteiger partial charge >= 0.3 is 0 Å². The van der Waals surface area contributed by atoms with Crippen molar-refractivity contribution in [1.29, 1.82) is 0 Å². The van der Waals surface area contributed by atoms with Crippen LogP contribution in [0.4, 0.5) is 0 Å². The van der Waals surface area contributed by atoms with E-state index in [1.54, 1.807) is 12.1 Å². The van der Waals surface area contributed by atoms with E-state index in [0.717, 1.165) is 6.42 Å². The van der Waals surface area contributed by atoms with Gasteiger partial charge in [0.15, 0.2) is 0 Å². The summed E-state index contributed by atoms with van der Waals surface area (Å²) in [5, 5.41) is 2.81. The predicted octanol–water partition coefficient (Wildman–Crippen LogP) is 1.15. The minimum Gasteiger partial charge on any atom is -0.352 e. The summed E-state index contributed by atoms with van der Waals surface area (Å²) < 4.78 is 0. The Morgan fingerprint density at radius 1 is 1.43 bits per heavy atom. The highest BCUT2D eigenvalue weighted by molar-refractivity contribution is 5.94. The maximum atomic E-state index is 11.5. The first-order valence-corrected chi connectivity index (χ1v) is 4.79. The summed E-state index contributed by atoms with van der Waals surface area (Å²) >= 11 is 0. The molecule has 76 valence electrons. The average Bonchev–Trinajstić information content (AvgIpc) is 2.18. The zero-order valence-electron chi connectivity index (χ0n) is 8.36. The van der Waals surface area contributed by atoms with Crippen LogP contribution in [0.2, 0.25) is 0 Å². The normalized spacial score (nSPS) is 12.1. The van der Waals surface area contributed by atoms with Gasteiger partial charge in [-0.2, -0.15) is 0 Å². The topological polar surface area (TPSA) is 55.1 Å². The van der Waals surface area contributed by atoms with Crippen molar-refractivity contribution in [1.82, 2.24) is 5.32 Å². The van der Waals surface area contributed by atoms with Gasteiger partial charge in [-0.3, -0.25) is 4.79 Å². The van der Waals surface area contributed by atoms with Crippen LogP contribution in [0, 0.1) is 0 Å². The van der Waals surface area contributed by atoms with Crippen LogP contribution in [0.15, 0.2) is 30.3 Å². The number of nitrogens with two attached hydrogens (primary N) is 1. The minimum atomic E-state index is -0.0359. The molecule has 0 saturated heterocycles. The third-order valence-corrected chi connectivity index (χ3v) is 1.92. The van der Waals surface area contributed by atoms with E-state index in [1.165, 1.54) is 0 Å². The molecule has 0 radical (unpaired) electrons. The number of carbonyl (C=O) groups excluding carboxylic acids is 1. The largest absolute Gasteiger partial charge is 0.352 e. The fraction of sp³-hybridized carbons (Fsp3) is 0.364. The van der Waals surface area contributed by atoms with E-state index >= 15 is 0 Å². The highest BCUT2D eigenvalue weighted by Gasteiger charge is 2.03. The second kappa shape index (κ2) is 5.40. The van der Waals surface area contributed by atoms with E-state index < -0.39 is 0 Å². The van der Waals surface area contributed by atoms with Gasteiger partial charge < -0.3 is 11.1 Å². The van der Waals surface area contributed by atoms with Crippen LogP contribution in [0.25, 0.3) is 0 Å². The summed E-state index contributed by atoms with van der Waals surface area (Å²) in [7, 11) is 0. The van der Waals surface area contributed by atoms with Gasteiger partial charge in [-0.15, -0.1) is 0 Å². The molecule has 3 N–H and O–H groups in total. The summed E-state index contributed by atoms with van der Waals surface area (Å²) in [6.45, 7) is 2.56. The van der Waals surface area contributed by atoms with Crippen LogP contribution in [0.1, 0.15) is 23.7 Å². The molecule has 3 heteroatoms. The molecular weight excluding hydrogens is 176 g/mol. The Hall–Kier alpha value is -1.35. The standard InChI is InChI=1S/C11H16N2O/c1-9(12)7-8-13-11(14)10-5-3-2-4-6-10/h2-6,9H,7-8,12H2,1H3,(H,13,14). The third-order valence-electron chi connectivity index (χ3n) is 1.92. The van der Waals surface area contributed by atoms with Crippen molar-refractivity contribution in [3.63, 3.8) is 0 Å². The first-order valence-electron chi connectivity index (χ1n) is 4.79. The summed E-state index contributed by atoms with van der Waals surface area (Å²) in [5.74, 6) is -0.0359. The van der Waals surface area contributed by atoms with Crippen molar-refractivity contribution in [3.8, 4) is 0 Å². The van der Waals surface area contributed by atoms with Crippen molar-refractivity contribution in [3.05, 3.63) is 35.9 Å².